The zero-order valence-electron chi connectivity index (χ0n) is 11.0. The minimum Gasteiger partial charge on any atom is -0.379 e. The summed E-state index contributed by atoms with van der Waals surface area (Å²) in [5, 5.41) is 0. The van der Waals surface area contributed by atoms with Crippen molar-refractivity contribution in [1.82, 2.24) is 4.90 Å². The minimum atomic E-state index is 0.841. The fourth-order valence-corrected chi connectivity index (χ4v) is 4.15. The van der Waals surface area contributed by atoms with E-state index in [0.717, 1.165) is 70.5 Å². The van der Waals surface area contributed by atoms with Crippen molar-refractivity contribution in [2.24, 2.45) is 11.8 Å². The van der Waals surface area contributed by atoms with Crippen LogP contribution in [0, 0.1) is 11.8 Å². The Morgan fingerprint density at radius 3 is 2.17 bits per heavy atom. The average Bonchev–Trinajstić information content (AvgIpc) is 2.95. The quantitative estimate of drug-likeness (QED) is 0.623. The summed E-state index contributed by atoms with van der Waals surface area (Å²) in [5.74, 6) is 1.83. The summed E-state index contributed by atoms with van der Waals surface area (Å²) in [6.07, 6.45) is 2.80. The van der Waals surface area contributed by atoms with Crippen LogP contribution < -0.4 is 0 Å². The van der Waals surface area contributed by atoms with E-state index in [9.17, 15) is 0 Å². The van der Waals surface area contributed by atoms with Crippen LogP contribution in [-0.2, 0) is 9.47 Å². The summed E-state index contributed by atoms with van der Waals surface area (Å²) >= 11 is 0. The average molecular weight is 251 g/mol. The molecule has 0 spiro atoms. The molecule has 2 heterocycles. The molecule has 4 rings (SSSR count). The van der Waals surface area contributed by atoms with Crippen LogP contribution >= 0.6 is 0 Å². The smallest absolute Gasteiger partial charge is 0.166 e. The fourth-order valence-electron chi connectivity index (χ4n) is 4.15. The van der Waals surface area contributed by atoms with Gasteiger partial charge in [-0.3, -0.25) is 4.90 Å². The predicted molar refractivity (Wildman–Crippen MR) is 68.2 cm³/mol. The molecule has 0 amide bonds. The second kappa shape index (κ2) is 4.58. The van der Waals surface area contributed by atoms with Gasteiger partial charge in [0.2, 0.25) is 0 Å². The predicted octanol–water partition coefficient (Wildman–Crippen LogP) is 0.211. The van der Waals surface area contributed by atoms with E-state index in [0.29, 0.717) is 0 Å². The van der Waals surface area contributed by atoms with Crippen LogP contribution in [0.25, 0.3) is 0 Å². The molecule has 0 radical (unpaired) electrons. The maximum atomic E-state index is 5.44. The van der Waals surface area contributed by atoms with Gasteiger partial charge in [-0.05, 0) is 12.8 Å². The van der Waals surface area contributed by atoms with E-state index >= 15 is 0 Å². The molecular weight excluding hydrogens is 228 g/mol. The Kier molecular flexibility index (Phi) is 2.90. The lowest BCUT2D eigenvalue weighted by molar-refractivity contribution is -0.548. The molecule has 2 unspecified atom stereocenters. The van der Waals surface area contributed by atoms with Gasteiger partial charge in [0.25, 0.3) is 0 Å². The highest BCUT2D eigenvalue weighted by Gasteiger charge is 2.60. The first kappa shape index (κ1) is 11.4. The Hall–Kier alpha value is -0.450. The molecule has 100 valence electrons. The molecule has 2 atom stereocenters. The highest BCUT2D eigenvalue weighted by atomic mass is 16.5. The lowest BCUT2D eigenvalue weighted by Crippen LogP contribution is -2.43. The number of hydrogen-bond acceptors (Lipinski definition) is 3. The van der Waals surface area contributed by atoms with Gasteiger partial charge < -0.3 is 9.47 Å². The number of fused-ring (bicyclic) bond motifs is 1. The Morgan fingerprint density at radius 2 is 1.50 bits per heavy atom. The van der Waals surface area contributed by atoms with E-state index in [1.165, 1.54) is 12.8 Å². The maximum Gasteiger partial charge on any atom is 0.166 e. The van der Waals surface area contributed by atoms with E-state index < -0.39 is 0 Å². The molecule has 4 nitrogen and oxygen atoms in total. The van der Waals surface area contributed by atoms with Crippen LogP contribution in [0.5, 0.6) is 0 Å². The van der Waals surface area contributed by atoms with E-state index in [-0.39, 0.29) is 0 Å². The first-order valence-electron chi connectivity index (χ1n) is 7.45. The van der Waals surface area contributed by atoms with E-state index in [2.05, 4.69) is 9.48 Å². The standard InChI is InChI=1S/C14H23N2O2/c1-5-17-6-2-15(1)11-9-12-13(10-11)14(12)16-3-7-18-8-4-16/h11-13H,1-10H2/q+1. The number of hydrogen-bond donors (Lipinski definition) is 0. The van der Waals surface area contributed by atoms with Crippen LogP contribution in [0.4, 0.5) is 0 Å². The molecule has 4 heteroatoms. The molecule has 18 heavy (non-hydrogen) atoms. The molecule has 0 bridgehead atoms. The first-order valence-corrected chi connectivity index (χ1v) is 7.45. The summed E-state index contributed by atoms with van der Waals surface area (Å²) in [4.78, 5) is 2.66. The number of nitrogens with zero attached hydrogens (tertiary/aromatic N) is 2. The van der Waals surface area contributed by atoms with Crippen molar-refractivity contribution >= 4 is 5.71 Å². The summed E-state index contributed by atoms with van der Waals surface area (Å²) in [7, 11) is 0. The highest BCUT2D eigenvalue weighted by Crippen LogP contribution is 2.50. The van der Waals surface area contributed by atoms with Crippen LogP contribution in [0.15, 0.2) is 0 Å². The molecule has 2 saturated carbocycles. The normalized spacial score (nSPS) is 41.0. The third-order valence-electron chi connectivity index (χ3n) is 5.13. The van der Waals surface area contributed by atoms with Crippen molar-refractivity contribution in [3.8, 4) is 0 Å². The summed E-state index contributed by atoms with van der Waals surface area (Å²) in [6.45, 7) is 8.28. The lowest BCUT2D eigenvalue weighted by Gasteiger charge is -2.32. The zero-order valence-corrected chi connectivity index (χ0v) is 11.0. The molecule has 0 aromatic rings. The molecule has 0 aromatic carbocycles. The van der Waals surface area contributed by atoms with E-state index in [1.54, 1.807) is 5.71 Å². The van der Waals surface area contributed by atoms with Crippen molar-refractivity contribution in [2.45, 2.75) is 18.9 Å². The summed E-state index contributed by atoms with van der Waals surface area (Å²) in [5.41, 5.74) is 1.77. The molecule has 0 N–H and O–H groups in total. The number of rotatable bonds is 1. The van der Waals surface area contributed by atoms with Gasteiger partial charge in [0.15, 0.2) is 18.8 Å². The largest absolute Gasteiger partial charge is 0.379 e. The summed E-state index contributed by atoms with van der Waals surface area (Å²) in [6, 6.07) is 0.841. The lowest BCUT2D eigenvalue weighted by atomic mass is 10.1. The molecule has 4 aliphatic rings. The van der Waals surface area contributed by atoms with Crippen molar-refractivity contribution in [1.29, 1.82) is 0 Å². The highest BCUT2D eigenvalue weighted by molar-refractivity contribution is 6.01. The van der Waals surface area contributed by atoms with Gasteiger partial charge in [-0.25, -0.2) is 4.58 Å². The van der Waals surface area contributed by atoms with Crippen LogP contribution in [-0.4, -0.2) is 73.8 Å². The van der Waals surface area contributed by atoms with Gasteiger partial charge in [0.1, 0.15) is 13.2 Å². The second-order valence-corrected chi connectivity index (χ2v) is 6.01. The minimum absolute atomic E-state index is 0.841. The number of ether oxygens (including phenoxy) is 2. The van der Waals surface area contributed by atoms with Crippen molar-refractivity contribution in [3.63, 3.8) is 0 Å². The molecule has 0 aromatic heterocycles. The van der Waals surface area contributed by atoms with E-state index in [1.807, 2.05) is 0 Å². The Bertz CT molecular complexity index is 341. The topological polar surface area (TPSA) is 24.7 Å². The van der Waals surface area contributed by atoms with E-state index in [4.69, 9.17) is 9.47 Å². The van der Waals surface area contributed by atoms with Gasteiger partial charge in [0, 0.05) is 19.1 Å². The molecule has 4 fully saturated rings. The molecule has 2 aliphatic heterocycles. The van der Waals surface area contributed by atoms with Gasteiger partial charge in [-0.1, -0.05) is 0 Å². The number of morpholine rings is 2. The Balaban J connectivity index is 1.38. The maximum absolute atomic E-state index is 5.44. The summed E-state index contributed by atoms with van der Waals surface area (Å²) < 4.78 is 13.5. The van der Waals surface area contributed by atoms with Crippen molar-refractivity contribution in [2.75, 3.05) is 52.6 Å². The molecule has 2 saturated heterocycles. The van der Waals surface area contributed by atoms with Gasteiger partial charge in [-0.15, -0.1) is 0 Å². The van der Waals surface area contributed by atoms with Crippen LogP contribution in [0.2, 0.25) is 0 Å². The zero-order chi connectivity index (χ0) is 11.9. The van der Waals surface area contributed by atoms with Gasteiger partial charge in [0.05, 0.1) is 25.0 Å². The third kappa shape index (κ3) is 1.91. The van der Waals surface area contributed by atoms with Gasteiger partial charge in [-0.2, -0.15) is 0 Å². The molecular formula is C14H23N2O2+. The SMILES string of the molecule is C1CN(C2CC3C(=[N+]4CCOCC4)C3C2)CCO1. The molecule has 2 aliphatic carbocycles. The van der Waals surface area contributed by atoms with Crippen molar-refractivity contribution in [3.05, 3.63) is 0 Å². The Morgan fingerprint density at radius 1 is 0.889 bits per heavy atom. The fraction of sp³-hybridized carbons (Fsp3) is 0.929. The Labute approximate surface area is 109 Å². The van der Waals surface area contributed by atoms with Gasteiger partial charge >= 0.3 is 0 Å². The monoisotopic (exact) mass is 251 g/mol. The van der Waals surface area contributed by atoms with Crippen LogP contribution in [0.3, 0.4) is 0 Å². The first-order chi connectivity index (χ1) is 8.93. The van der Waals surface area contributed by atoms with Crippen molar-refractivity contribution < 1.29 is 14.0 Å². The van der Waals surface area contributed by atoms with Crippen LogP contribution in [0.1, 0.15) is 12.8 Å². The second-order valence-electron chi connectivity index (χ2n) is 6.01. The third-order valence-corrected chi connectivity index (χ3v) is 5.13.